The summed E-state index contributed by atoms with van der Waals surface area (Å²) in [6, 6.07) is -4.71. The fourth-order valence-electron chi connectivity index (χ4n) is 11.3. The number of nitrogens with one attached hydrogen (secondary N) is 2. The Bertz CT molecular complexity index is 2090. The highest BCUT2D eigenvalue weighted by Crippen LogP contribution is 2.41. The number of rotatable bonds is 35. The lowest BCUT2D eigenvalue weighted by molar-refractivity contribution is -0.403. The highest BCUT2D eigenvalue weighted by Gasteiger charge is 2.62. The number of unbranched alkanes of at least 4 members (excludes halogenated alkanes) is 11. The molecule has 512 valence electrons. The minimum atomic E-state index is -3.36. The third kappa shape index (κ3) is 19.8. The van der Waals surface area contributed by atoms with E-state index in [0.717, 1.165) is 39.5 Å². The zero-order chi connectivity index (χ0) is 65.2. The number of carbonyl (C=O) groups excluding carboxylic acids is 2. The second-order valence-electron chi connectivity index (χ2n) is 23.1. The quantitative estimate of drug-likeness (QED) is 0.0207. The van der Waals surface area contributed by atoms with E-state index in [0.29, 0.717) is 6.42 Å². The summed E-state index contributed by atoms with van der Waals surface area (Å²) in [4.78, 5) is 38.9. The molecule has 0 aromatic carbocycles. The highest BCUT2D eigenvalue weighted by atomic mass is 16.8. The van der Waals surface area contributed by atoms with Gasteiger partial charge in [-0.2, -0.15) is 0 Å². The maximum Gasteiger partial charge on any atom is 0.364 e. The fraction of sp³-hybridized carbons (Fsp3) is 0.909. The smallest absolute Gasteiger partial charge is 0.364 e. The summed E-state index contributed by atoms with van der Waals surface area (Å²) in [5, 5.41) is 190. The van der Waals surface area contributed by atoms with E-state index < -0.39 is 235 Å². The van der Waals surface area contributed by atoms with Gasteiger partial charge in [0.2, 0.25) is 11.8 Å². The van der Waals surface area contributed by atoms with Crippen LogP contribution in [0.5, 0.6) is 0 Å². The molecular weight excluding hydrogens is 1180 g/mol. The molecule has 5 fully saturated rings. The molecule has 0 radical (unpaired) electrons. The van der Waals surface area contributed by atoms with Crippen LogP contribution in [0, 0.1) is 0 Å². The fourth-order valence-corrected chi connectivity index (χ4v) is 11.3. The van der Waals surface area contributed by atoms with Crippen LogP contribution in [0.2, 0.25) is 0 Å². The molecule has 2 amide bonds. The number of nitrogens with two attached hydrogens (primary N) is 1. The molecular formula is C55H97N3O30. The summed E-state index contributed by atoms with van der Waals surface area (Å²) in [6.45, 7) is -1.77. The van der Waals surface area contributed by atoms with Crippen molar-refractivity contribution in [1.82, 2.24) is 10.6 Å². The molecule has 0 aliphatic carbocycles. The van der Waals surface area contributed by atoms with Crippen LogP contribution in [0.3, 0.4) is 0 Å². The molecule has 33 heteroatoms. The normalized spacial score (nSPS) is 39.6. The monoisotopic (exact) mass is 1280 g/mol. The van der Waals surface area contributed by atoms with Crippen molar-refractivity contribution < 1.29 is 149 Å². The third-order valence-corrected chi connectivity index (χ3v) is 16.3. The molecule has 33 nitrogen and oxygen atoms in total. The van der Waals surface area contributed by atoms with E-state index >= 15 is 0 Å². The summed E-state index contributed by atoms with van der Waals surface area (Å²) in [5.41, 5.74) is 6.20. The molecule has 5 aliphatic rings. The first-order valence-electron chi connectivity index (χ1n) is 30.1. The highest BCUT2D eigenvalue weighted by molar-refractivity contribution is 5.76. The first-order chi connectivity index (χ1) is 41.8. The van der Waals surface area contributed by atoms with Gasteiger partial charge in [-0.15, -0.1) is 0 Å². The maximum atomic E-state index is 13.6. The van der Waals surface area contributed by atoms with Crippen molar-refractivity contribution in [3.8, 4) is 0 Å². The van der Waals surface area contributed by atoms with E-state index in [-0.39, 0.29) is 0 Å². The van der Waals surface area contributed by atoms with Crippen molar-refractivity contribution in [2.45, 2.75) is 275 Å². The molecule has 21 N–H and O–H groups in total. The van der Waals surface area contributed by atoms with E-state index in [2.05, 4.69) is 17.6 Å². The van der Waals surface area contributed by atoms with Crippen molar-refractivity contribution in [3.05, 3.63) is 12.2 Å². The number of aliphatic hydroxyl groups is 16. The van der Waals surface area contributed by atoms with Crippen molar-refractivity contribution in [3.63, 3.8) is 0 Å². The molecule has 5 heterocycles. The van der Waals surface area contributed by atoms with Crippen molar-refractivity contribution in [2.75, 3.05) is 39.6 Å². The van der Waals surface area contributed by atoms with E-state index in [1.54, 1.807) is 6.08 Å². The Hall–Kier alpha value is -2.93. The largest absolute Gasteiger partial charge is 0.477 e. The summed E-state index contributed by atoms with van der Waals surface area (Å²) < 4.78 is 58.9. The van der Waals surface area contributed by atoms with E-state index in [9.17, 15) is 101 Å². The number of amides is 2. The lowest BCUT2D eigenvalue weighted by Crippen LogP contribution is -2.72. The van der Waals surface area contributed by atoms with Crippen LogP contribution in [0.1, 0.15) is 104 Å². The Kier molecular flexibility index (Phi) is 31.4. The molecule has 0 spiro atoms. The number of hydrogen-bond acceptors (Lipinski definition) is 30. The number of ether oxygens (including phenoxy) is 10. The molecule has 5 rings (SSSR count). The number of hydrogen-bond donors (Lipinski definition) is 20. The predicted octanol–water partition coefficient (Wildman–Crippen LogP) is -7.46. The van der Waals surface area contributed by atoms with E-state index in [1.807, 2.05) is 0 Å². The third-order valence-electron chi connectivity index (χ3n) is 16.3. The summed E-state index contributed by atoms with van der Waals surface area (Å²) in [5.74, 6) is -7.28. The van der Waals surface area contributed by atoms with Gasteiger partial charge in [-0.3, -0.25) is 9.59 Å². The van der Waals surface area contributed by atoms with Crippen LogP contribution in [0.4, 0.5) is 0 Å². The van der Waals surface area contributed by atoms with Crippen LogP contribution in [-0.2, 0) is 61.8 Å². The predicted molar refractivity (Wildman–Crippen MR) is 295 cm³/mol. The van der Waals surface area contributed by atoms with Gasteiger partial charge in [0.05, 0.1) is 63.9 Å². The first kappa shape index (κ1) is 75.8. The molecule has 28 atom stereocenters. The van der Waals surface area contributed by atoms with Gasteiger partial charge in [0.15, 0.2) is 25.2 Å². The molecule has 5 aliphatic heterocycles. The van der Waals surface area contributed by atoms with Crippen LogP contribution < -0.4 is 16.4 Å². The average Bonchev–Trinajstić information content (AvgIpc) is 1.10. The van der Waals surface area contributed by atoms with Crippen LogP contribution in [0.25, 0.3) is 0 Å². The zero-order valence-corrected chi connectivity index (χ0v) is 49.7. The molecule has 88 heavy (non-hydrogen) atoms. The summed E-state index contributed by atoms with van der Waals surface area (Å²) in [7, 11) is 0. The molecule has 5 saturated heterocycles. The zero-order valence-electron chi connectivity index (χ0n) is 49.7. The van der Waals surface area contributed by atoms with Crippen molar-refractivity contribution in [1.29, 1.82) is 0 Å². The number of carboxylic acid groups (broad SMARTS) is 1. The van der Waals surface area contributed by atoms with Crippen LogP contribution >= 0.6 is 0 Å². The number of aliphatic carboxylic acids is 1. The Balaban J connectivity index is 1.42. The molecule has 0 aromatic rings. The average molecular weight is 1280 g/mol. The minimum Gasteiger partial charge on any atom is -0.477 e. The minimum absolute atomic E-state index is 0.457. The SMILES string of the molecule is CCCCCCCCCCCCC/C=C/[C@@H](O)[C@@H](N)CO[C@@H]1OC(CO)[C@@H](O[C@@H]2OC(CO)[C@H](O[C@@H]3OC(CO)[C@H](O)C(O[C@@H]4OC(CO)[C@H](O)C(O)C4O)C3NC(C)=O)C(O[C@]3(C(=O)O)C[C@@H](O)[C@@H](NC(C)=O)C([C@H](O)[C@H](O)CO)O3)C2O)C(O)C1O. The maximum absolute atomic E-state index is 13.6. The van der Waals surface area contributed by atoms with Crippen LogP contribution in [0.15, 0.2) is 12.2 Å². The Morgan fingerprint density at radius 3 is 1.64 bits per heavy atom. The Labute approximate surface area is 508 Å². The van der Waals surface area contributed by atoms with Crippen molar-refractivity contribution >= 4 is 17.8 Å². The van der Waals surface area contributed by atoms with Gasteiger partial charge >= 0.3 is 5.97 Å². The number of carboxylic acids is 1. The van der Waals surface area contributed by atoms with Gasteiger partial charge in [-0.05, 0) is 12.8 Å². The molecule has 0 aromatic heterocycles. The number of carbonyl (C=O) groups is 3. The van der Waals surface area contributed by atoms with Gasteiger partial charge < -0.3 is 151 Å². The van der Waals surface area contributed by atoms with Gasteiger partial charge in [-0.25, -0.2) is 4.79 Å². The number of aliphatic hydroxyl groups excluding tert-OH is 16. The number of allylic oxidation sites excluding steroid dienone is 1. The van der Waals surface area contributed by atoms with E-state index in [4.69, 9.17) is 53.1 Å². The second kappa shape index (κ2) is 36.5. The molecule has 0 saturated carbocycles. The lowest BCUT2D eigenvalue weighted by Gasteiger charge is -2.52. The van der Waals surface area contributed by atoms with Gasteiger partial charge in [0, 0.05) is 20.3 Å². The summed E-state index contributed by atoms with van der Waals surface area (Å²) in [6.07, 6.45) is -32.9. The lowest BCUT2D eigenvalue weighted by atomic mass is 9.88. The first-order valence-corrected chi connectivity index (χ1v) is 30.1. The topological polar surface area (TPSA) is 538 Å². The Morgan fingerprint density at radius 2 is 1.07 bits per heavy atom. The second-order valence-corrected chi connectivity index (χ2v) is 23.1. The van der Waals surface area contributed by atoms with Gasteiger partial charge in [0.1, 0.15) is 116 Å². The molecule has 13 unspecified atom stereocenters. The summed E-state index contributed by atoms with van der Waals surface area (Å²) >= 11 is 0. The van der Waals surface area contributed by atoms with E-state index in [1.165, 1.54) is 51.0 Å². The van der Waals surface area contributed by atoms with Crippen molar-refractivity contribution in [2.24, 2.45) is 5.73 Å². The van der Waals surface area contributed by atoms with Gasteiger partial charge in [-0.1, -0.05) is 83.3 Å². The Morgan fingerprint density at radius 1 is 0.580 bits per heavy atom. The van der Waals surface area contributed by atoms with Gasteiger partial charge in [0.25, 0.3) is 5.79 Å². The molecule has 0 bridgehead atoms. The van der Waals surface area contributed by atoms with Crippen LogP contribution in [-0.4, -0.2) is 315 Å². The standard InChI is InChI=1S/C55H97N3O30/c1-4-5-6-7-8-9-10-11-12-13-14-15-16-17-28(66)27(56)24-79-51-43(75)41(73)45(33(22-62)82-51)84-53-44(76)49(88-55(54(77)78)18-29(67)35(57-25(2)64)48(87-55)37(69)30(68)19-59)46(34(23-63)83-53)85-50-36(58-26(3)65)47(39(71)32(21-61)80-50)86-52-42(74)40(72)38(70)31(20-60)81-52/h16-17,27-53,59-63,66-76H,4-15,18-24,56H2,1-3H3,(H,57,64)(H,58,65)(H,77,78)/b17-16+/t27-,28+,29+,30+,31?,32?,33?,34?,35+,36?,37+,38-,39-,40?,41?,42?,43?,44?,45+,46-,47?,48?,49?,50-,51+,52-,53-,55-/m0/s1.